The van der Waals surface area contributed by atoms with Crippen molar-refractivity contribution in [1.82, 2.24) is 10.1 Å². The van der Waals surface area contributed by atoms with E-state index in [0.717, 1.165) is 4.90 Å². The molecule has 0 N–H and O–H groups in total. The Balaban J connectivity index is 1.54. The van der Waals surface area contributed by atoms with Crippen LogP contribution in [0, 0.1) is 5.82 Å². The van der Waals surface area contributed by atoms with Gasteiger partial charge >= 0.3 is 5.97 Å². The van der Waals surface area contributed by atoms with Crippen molar-refractivity contribution in [2.45, 2.75) is 18.1 Å². The summed E-state index contributed by atoms with van der Waals surface area (Å²) in [7, 11) is 0. The van der Waals surface area contributed by atoms with Crippen LogP contribution >= 0.6 is 23.4 Å². The highest BCUT2D eigenvalue weighted by molar-refractivity contribution is 7.98. The van der Waals surface area contributed by atoms with Crippen LogP contribution in [0.4, 0.5) is 4.39 Å². The summed E-state index contributed by atoms with van der Waals surface area (Å²) in [4.78, 5) is 17.2. The Labute approximate surface area is 163 Å². The zero-order chi connectivity index (χ0) is 19.2. The molecule has 0 atom stereocenters. The summed E-state index contributed by atoms with van der Waals surface area (Å²) in [5.74, 6) is -0.0733. The predicted molar refractivity (Wildman–Crippen MR) is 97.4 cm³/mol. The second-order valence-corrected chi connectivity index (χ2v) is 6.56. The van der Waals surface area contributed by atoms with E-state index in [4.69, 9.17) is 25.6 Å². The van der Waals surface area contributed by atoms with Crippen LogP contribution in [0.1, 0.15) is 22.1 Å². The second-order valence-electron chi connectivity index (χ2n) is 5.27. The lowest BCUT2D eigenvalue weighted by Gasteiger charge is -2.05. The Bertz CT molecular complexity index is 933. The van der Waals surface area contributed by atoms with Gasteiger partial charge in [0.2, 0.25) is 5.82 Å². The van der Waals surface area contributed by atoms with Crippen LogP contribution in [0.3, 0.4) is 0 Å². The third kappa shape index (κ3) is 5.21. The summed E-state index contributed by atoms with van der Waals surface area (Å²) in [5.41, 5.74) is 0.267. The standard InChI is InChI=1S/C18H14ClFN2O4S/c1-27-13-6-7-15(19)14(8-13)18(23)25-10-17-21-16(22-26-17)9-24-12-4-2-11(20)3-5-12/h2-8H,9-10H2,1H3. The molecular formula is C18H14ClFN2O4S. The molecule has 9 heteroatoms. The number of ether oxygens (including phenoxy) is 2. The SMILES string of the molecule is CSc1ccc(Cl)c(C(=O)OCc2nc(COc3ccc(F)cc3)no2)c1. The van der Waals surface area contributed by atoms with Gasteiger partial charge in [0.25, 0.3) is 5.89 Å². The highest BCUT2D eigenvalue weighted by Crippen LogP contribution is 2.24. The first-order chi connectivity index (χ1) is 13.0. The van der Waals surface area contributed by atoms with Gasteiger partial charge in [0.05, 0.1) is 10.6 Å². The first-order valence-electron chi connectivity index (χ1n) is 7.75. The highest BCUT2D eigenvalue weighted by Gasteiger charge is 2.15. The largest absolute Gasteiger partial charge is 0.485 e. The van der Waals surface area contributed by atoms with Gasteiger partial charge in [-0.15, -0.1) is 11.8 Å². The molecule has 0 unspecified atom stereocenters. The van der Waals surface area contributed by atoms with E-state index >= 15 is 0 Å². The molecule has 0 aliphatic heterocycles. The summed E-state index contributed by atoms with van der Waals surface area (Å²) in [6.45, 7) is -0.160. The maximum absolute atomic E-state index is 12.8. The number of thioether (sulfide) groups is 1. The number of hydrogen-bond donors (Lipinski definition) is 0. The van der Waals surface area contributed by atoms with Crippen molar-refractivity contribution >= 4 is 29.3 Å². The van der Waals surface area contributed by atoms with E-state index in [9.17, 15) is 9.18 Å². The second kappa shape index (κ2) is 8.88. The smallest absolute Gasteiger partial charge is 0.340 e. The van der Waals surface area contributed by atoms with E-state index in [1.54, 1.807) is 12.1 Å². The van der Waals surface area contributed by atoms with E-state index in [2.05, 4.69) is 10.1 Å². The average Bonchev–Trinajstić information content (AvgIpc) is 3.14. The molecule has 0 saturated carbocycles. The zero-order valence-corrected chi connectivity index (χ0v) is 15.7. The molecule has 27 heavy (non-hydrogen) atoms. The van der Waals surface area contributed by atoms with Gasteiger partial charge in [0, 0.05) is 4.90 Å². The molecule has 2 aromatic carbocycles. The Morgan fingerprint density at radius 3 is 2.74 bits per heavy atom. The maximum atomic E-state index is 12.8. The Morgan fingerprint density at radius 2 is 2.00 bits per heavy atom. The number of halogens is 2. The van der Waals surface area contributed by atoms with E-state index in [1.165, 1.54) is 36.0 Å². The fourth-order valence-electron chi connectivity index (χ4n) is 2.08. The van der Waals surface area contributed by atoms with Gasteiger partial charge in [-0.2, -0.15) is 4.98 Å². The third-order valence-electron chi connectivity index (χ3n) is 3.41. The minimum atomic E-state index is -0.585. The fraction of sp³-hybridized carbons (Fsp3) is 0.167. The van der Waals surface area contributed by atoms with Crippen LogP contribution in [0.2, 0.25) is 5.02 Å². The number of aromatic nitrogens is 2. The summed E-state index contributed by atoms with van der Waals surface area (Å²) >= 11 is 7.53. The van der Waals surface area contributed by atoms with Crippen molar-refractivity contribution in [3.8, 4) is 5.75 Å². The van der Waals surface area contributed by atoms with Gasteiger partial charge in [0.1, 0.15) is 11.6 Å². The fourth-order valence-corrected chi connectivity index (χ4v) is 2.71. The molecule has 0 aliphatic rings. The van der Waals surface area contributed by atoms with Crippen molar-refractivity contribution in [2.75, 3.05) is 6.26 Å². The quantitative estimate of drug-likeness (QED) is 0.420. The number of rotatable bonds is 7. The van der Waals surface area contributed by atoms with Crippen molar-refractivity contribution in [3.63, 3.8) is 0 Å². The molecule has 0 aliphatic carbocycles. The Morgan fingerprint density at radius 1 is 1.22 bits per heavy atom. The summed E-state index contributed by atoms with van der Waals surface area (Å²) in [6.07, 6.45) is 1.90. The molecule has 0 saturated heterocycles. The summed E-state index contributed by atoms with van der Waals surface area (Å²) < 4.78 is 28.5. The molecule has 3 aromatic rings. The van der Waals surface area contributed by atoms with Crippen LogP contribution in [-0.4, -0.2) is 22.4 Å². The molecule has 0 amide bonds. The molecule has 1 heterocycles. The first kappa shape index (κ1) is 19.2. The lowest BCUT2D eigenvalue weighted by molar-refractivity contribution is 0.0429. The van der Waals surface area contributed by atoms with Crippen molar-refractivity contribution < 1.29 is 23.2 Å². The number of esters is 1. The van der Waals surface area contributed by atoms with Crippen LogP contribution in [0.5, 0.6) is 5.75 Å². The normalized spacial score (nSPS) is 10.6. The van der Waals surface area contributed by atoms with Crippen LogP contribution < -0.4 is 4.74 Å². The average molecular weight is 409 g/mol. The van der Waals surface area contributed by atoms with Crippen LogP contribution in [0.25, 0.3) is 0 Å². The number of carbonyl (C=O) groups excluding carboxylic acids is 1. The molecule has 6 nitrogen and oxygen atoms in total. The third-order valence-corrected chi connectivity index (χ3v) is 4.47. The van der Waals surface area contributed by atoms with Gasteiger partial charge in [-0.1, -0.05) is 16.8 Å². The van der Waals surface area contributed by atoms with E-state index in [0.29, 0.717) is 10.8 Å². The first-order valence-corrected chi connectivity index (χ1v) is 9.36. The zero-order valence-electron chi connectivity index (χ0n) is 14.1. The number of nitrogens with zero attached hydrogens (tertiary/aromatic N) is 2. The van der Waals surface area contributed by atoms with Gasteiger partial charge in [-0.25, -0.2) is 9.18 Å². The molecular weight excluding hydrogens is 395 g/mol. The number of carbonyl (C=O) groups is 1. The van der Waals surface area contributed by atoms with Gasteiger partial charge < -0.3 is 14.0 Å². The molecule has 0 spiro atoms. The lowest BCUT2D eigenvalue weighted by atomic mass is 10.2. The molecule has 0 bridgehead atoms. The van der Waals surface area contributed by atoms with Crippen molar-refractivity contribution in [2.24, 2.45) is 0 Å². The monoisotopic (exact) mass is 408 g/mol. The Hall–Kier alpha value is -2.58. The minimum Gasteiger partial charge on any atom is -0.485 e. The van der Waals surface area contributed by atoms with Gasteiger partial charge in [0.15, 0.2) is 13.2 Å². The summed E-state index contributed by atoms with van der Waals surface area (Å²) in [5, 5.41) is 4.04. The summed E-state index contributed by atoms with van der Waals surface area (Å²) in [6, 6.07) is 10.7. The van der Waals surface area contributed by atoms with E-state index < -0.39 is 5.97 Å². The van der Waals surface area contributed by atoms with E-state index in [-0.39, 0.29) is 36.3 Å². The highest BCUT2D eigenvalue weighted by atomic mass is 35.5. The van der Waals surface area contributed by atoms with Crippen LogP contribution in [0.15, 0.2) is 51.9 Å². The number of benzene rings is 2. The molecule has 1 aromatic heterocycles. The topological polar surface area (TPSA) is 74.5 Å². The van der Waals surface area contributed by atoms with Gasteiger partial charge in [-0.05, 0) is 48.7 Å². The van der Waals surface area contributed by atoms with Gasteiger partial charge in [-0.3, -0.25) is 0 Å². The molecule has 0 radical (unpaired) electrons. The maximum Gasteiger partial charge on any atom is 0.340 e. The Kier molecular flexibility index (Phi) is 6.31. The number of hydrogen-bond acceptors (Lipinski definition) is 7. The predicted octanol–water partition coefficient (Wildman–Crippen LogP) is 4.52. The lowest BCUT2D eigenvalue weighted by Crippen LogP contribution is -2.06. The minimum absolute atomic E-state index is 0.0324. The molecule has 140 valence electrons. The molecule has 3 rings (SSSR count). The van der Waals surface area contributed by atoms with Crippen molar-refractivity contribution in [1.29, 1.82) is 0 Å². The van der Waals surface area contributed by atoms with Crippen LogP contribution in [-0.2, 0) is 18.0 Å². The van der Waals surface area contributed by atoms with Crippen molar-refractivity contribution in [3.05, 3.63) is 70.6 Å². The van der Waals surface area contributed by atoms with E-state index in [1.807, 2.05) is 12.3 Å². The molecule has 0 fully saturated rings.